The molecule has 0 amide bonds. The van der Waals surface area contributed by atoms with Gasteiger partial charge >= 0.3 is 5.97 Å². The lowest BCUT2D eigenvalue weighted by molar-refractivity contribution is 0.0586. The minimum atomic E-state index is -0.512. The Balaban J connectivity index is 3.31. The van der Waals surface area contributed by atoms with Crippen LogP contribution in [0.2, 0.25) is 0 Å². The maximum atomic E-state index is 11.5. The Morgan fingerprint density at radius 1 is 1.47 bits per heavy atom. The molecule has 0 fully saturated rings. The number of hydrogen-bond donors (Lipinski definition) is 1. The zero-order chi connectivity index (χ0) is 13.0. The molecule has 1 aromatic heterocycles. The lowest BCUT2D eigenvalue weighted by atomic mass is 10.1. The van der Waals surface area contributed by atoms with Crippen LogP contribution in [0.1, 0.15) is 43.0 Å². The number of methoxy groups -OCH3 is 1. The van der Waals surface area contributed by atoms with Crippen molar-refractivity contribution >= 4 is 34.4 Å². The molecule has 1 N–H and O–H groups in total. The van der Waals surface area contributed by atoms with E-state index in [1.54, 1.807) is 0 Å². The number of hydrogen-bond acceptors (Lipinski definition) is 5. The molecular weight excluding hydrogens is 333 g/mol. The van der Waals surface area contributed by atoms with Gasteiger partial charge in [-0.1, -0.05) is 13.8 Å². The molecule has 94 valence electrons. The molecule has 0 atom stereocenters. The number of halogens is 1. The summed E-state index contributed by atoms with van der Waals surface area (Å²) in [4.78, 5) is 19.9. The predicted octanol–water partition coefficient (Wildman–Crippen LogP) is 2.42. The highest BCUT2D eigenvalue weighted by molar-refractivity contribution is 14.1. The van der Waals surface area contributed by atoms with Crippen molar-refractivity contribution in [1.82, 2.24) is 9.97 Å². The van der Waals surface area contributed by atoms with Crippen LogP contribution >= 0.6 is 22.6 Å². The molecule has 0 aliphatic rings. The normalized spacial score (nSPS) is 10.5. The topological polar surface area (TPSA) is 64.1 Å². The van der Waals surface area contributed by atoms with Gasteiger partial charge in [0.2, 0.25) is 5.82 Å². The fourth-order valence-corrected chi connectivity index (χ4v) is 2.37. The van der Waals surface area contributed by atoms with Gasteiger partial charge in [0.05, 0.1) is 16.4 Å². The Kier molecular flexibility index (Phi) is 5.10. The number of carbonyl (C=O) groups excluding carboxylic acids is 1. The summed E-state index contributed by atoms with van der Waals surface area (Å²) >= 11 is 2.19. The molecule has 1 heterocycles. The summed E-state index contributed by atoms with van der Waals surface area (Å²) in [6, 6.07) is 0. The van der Waals surface area contributed by atoms with Gasteiger partial charge in [-0.3, -0.25) is 0 Å². The van der Waals surface area contributed by atoms with Crippen molar-refractivity contribution in [3.8, 4) is 0 Å². The Bertz CT molecular complexity index is 421. The molecule has 0 aromatic carbocycles. The zero-order valence-electron chi connectivity index (χ0n) is 10.4. The molecular formula is C11H16IN3O2. The van der Waals surface area contributed by atoms with Gasteiger partial charge in [0.25, 0.3) is 0 Å². The van der Waals surface area contributed by atoms with E-state index >= 15 is 0 Å². The quantitative estimate of drug-likeness (QED) is 0.668. The van der Waals surface area contributed by atoms with Gasteiger partial charge < -0.3 is 10.1 Å². The van der Waals surface area contributed by atoms with Crippen molar-refractivity contribution < 1.29 is 9.53 Å². The number of carbonyl (C=O) groups is 1. The molecule has 0 aliphatic carbocycles. The largest absolute Gasteiger partial charge is 0.463 e. The van der Waals surface area contributed by atoms with Gasteiger partial charge in [-0.2, -0.15) is 0 Å². The van der Waals surface area contributed by atoms with Crippen LogP contribution in [0.4, 0.5) is 5.82 Å². The number of nitrogens with zero attached hydrogens (tertiary/aromatic N) is 2. The summed E-state index contributed by atoms with van der Waals surface area (Å²) in [6.45, 7) is 6.78. The van der Waals surface area contributed by atoms with Crippen molar-refractivity contribution in [2.75, 3.05) is 19.0 Å². The zero-order valence-corrected chi connectivity index (χ0v) is 12.5. The number of esters is 1. The van der Waals surface area contributed by atoms with Gasteiger partial charge in [-0.15, -0.1) is 0 Å². The third-order valence-electron chi connectivity index (χ3n) is 2.14. The van der Waals surface area contributed by atoms with E-state index < -0.39 is 5.97 Å². The van der Waals surface area contributed by atoms with Crippen LogP contribution in [0.15, 0.2) is 0 Å². The van der Waals surface area contributed by atoms with Crippen molar-refractivity contribution in [1.29, 1.82) is 0 Å². The standard InChI is InChI=1S/C11H16IN3O2/c1-5-13-9-7(12)8(6(2)3)14-10(15-9)11(16)17-4/h6H,5H2,1-4H3,(H,13,14,15). The first-order chi connectivity index (χ1) is 8.01. The van der Waals surface area contributed by atoms with Crippen LogP contribution in [0.3, 0.4) is 0 Å². The fraction of sp³-hybridized carbons (Fsp3) is 0.545. The molecule has 0 bridgehead atoms. The van der Waals surface area contributed by atoms with E-state index in [0.29, 0.717) is 5.82 Å². The molecule has 0 saturated heterocycles. The highest BCUT2D eigenvalue weighted by Crippen LogP contribution is 2.25. The highest BCUT2D eigenvalue weighted by atomic mass is 127. The molecule has 0 radical (unpaired) electrons. The SMILES string of the molecule is CCNc1nc(C(=O)OC)nc(C(C)C)c1I. The minimum Gasteiger partial charge on any atom is -0.463 e. The maximum absolute atomic E-state index is 11.5. The first-order valence-electron chi connectivity index (χ1n) is 5.40. The van der Waals surface area contributed by atoms with Crippen LogP contribution in [0.5, 0.6) is 0 Å². The number of aromatic nitrogens is 2. The molecule has 0 spiro atoms. The lowest BCUT2D eigenvalue weighted by Crippen LogP contribution is -2.15. The van der Waals surface area contributed by atoms with Crippen molar-refractivity contribution in [3.05, 3.63) is 15.1 Å². The van der Waals surface area contributed by atoms with Gasteiger partial charge in [-0.05, 0) is 35.4 Å². The molecule has 1 aromatic rings. The average Bonchev–Trinajstić information content (AvgIpc) is 2.30. The Hall–Kier alpha value is -0.920. The number of nitrogens with one attached hydrogen (secondary N) is 1. The smallest absolute Gasteiger partial charge is 0.376 e. The summed E-state index contributed by atoms with van der Waals surface area (Å²) in [5.74, 6) is 0.507. The van der Waals surface area contributed by atoms with E-state index in [2.05, 4.69) is 42.6 Å². The third-order valence-corrected chi connectivity index (χ3v) is 3.20. The van der Waals surface area contributed by atoms with Gasteiger partial charge in [-0.25, -0.2) is 14.8 Å². The molecule has 1 rings (SSSR count). The maximum Gasteiger partial charge on any atom is 0.376 e. The van der Waals surface area contributed by atoms with E-state index in [0.717, 1.165) is 15.8 Å². The predicted molar refractivity (Wildman–Crippen MR) is 74.3 cm³/mol. The summed E-state index contributed by atoms with van der Waals surface area (Å²) in [7, 11) is 1.33. The second kappa shape index (κ2) is 6.13. The minimum absolute atomic E-state index is 0.104. The monoisotopic (exact) mass is 349 g/mol. The summed E-state index contributed by atoms with van der Waals surface area (Å²) < 4.78 is 5.60. The first-order valence-corrected chi connectivity index (χ1v) is 6.48. The van der Waals surface area contributed by atoms with Crippen molar-refractivity contribution in [3.63, 3.8) is 0 Å². The van der Waals surface area contributed by atoms with Crippen LogP contribution in [-0.4, -0.2) is 29.6 Å². The van der Waals surface area contributed by atoms with Gasteiger partial charge in [0.15, 0.2) is 0 Å². The molecule has 0 aliphatic heterocycles. The summed E-state index contributed by atoms with van der Waals surface area (Å²) in [5, 5.41) is 3.12. The highest BCUT2D eigenvalue weighted by Gasteiger charge is 2.18. The van der Waals surface area contributed by atoms with Crippen LogP contribution in [0, 0.1) is 3.57 Å². The number of anilines is 1. The molecule has 6 heteroatoms. The molecule has 0 unspecified atom stereocenters. The van der Waals surface area contributed by atoms with Crippen molar-refractivity contribution in [2.45, 2.75) is 26.7 Å². The second-order valence-electron chi connectivity index (χ2n) is 3.77. The Labute approximate surface area is 115 Å². The second-order valence-corrected chi connectivity index (χ2v) is 4.85. The summed E-state index contributed by atoms with van der Waals surface area (Å²) in [5.41, 5.74) is 0.858. The number of ether oxygens (including phenoxy) is 1. The van der Waals surface area contributed by atoms with Gasteiger partial charge in [0.1, 0.15) is 5.82 Å². The van der Waals surface area contributed by atoms with E-state index in [9.17, 15) is 4.79 Å². The first kappa shape index (κ1) is 14.1. The number of rotatable bonds is 4. The van der Waals surface area contributed by atoms with E-state index in [1.165, 1.54) is 7.11 Å². The van der Waals surface area contributed by atoms with E-state index in [4.69, 9.17) is 0 Å². The van der Waals surface area contributed by atoms with Crippen LogP contribution < -0.4 is 5.32 Å². The summed E-state index contributed by atoms with van der Waals surface area (Å²) in [6.07, 6.45) is 0. The molecule has 5 nitrogen and oxygen atoms in total. The van der Waals surface area contributed by atoms with Gasteiger partial charge in [0, 0.05) is 6.54 Å². The van der Waals surface area contributed by atoms with E-state index in [1.807, 2.05) is 20.8 Å². The van der Waals surface area contributed by atoms with Crippen LogP contribution in [0.25, 0.3) is 0 Å². The average molecular weight is 349 g/mol. The van der Waals surface area contributed by atoms with Crippen LogP contribution in [-0.2, 0) is 4.74 Å². The Morgan fingerprint density at radius 2 is 2.12 bits per heavy atom. The third kappa shape index (κ3) is 3.27. The van der Waals surface area contributed by atoms with E-state index in [-0.39, 0.29) is 11.7 Å². The molecule has 17 heavy (non-hydrogen) atoms. The van der Waals surface area contributed by atoms with Crippen molar-refractivity contribution in [2.24, 2.45) is 0 Å². The lowest BCUT2D eigenvalue weighted by Gasteiger charge is -2.13. The molecule has 0 saturated carbocycles. The fourth-order valence-electron chi connectivity index (χ4n) is 1.31. The Morgan fingerprint density at radius 3 is 2.59 bits per heavy atom.